The van der Waals surface area contributed by atoms with E-state index in [9.17, 15) is 19.2 Å². The fraction of sp³-hybridized carbons (Fsp3) is 0.474. The van der Waals surface area contributed by atoms with Gasteiger partial charge in [-0.05, 0) is 6.20 Å². The number of hydrogen-bond acceptors (Lipinski definition) is 11. The molecule has 1 amide bonds. The van der Waals surface area contributed by atoms with Crippen molar-refractivity contribution in [3.8, 4) is 0 Å². The number of amides is 1. The molecule has 13 nitrogen and oxygen atoms in total. The van der Waals surface area contributed by atoms with Gasteiger partial charge in [0, 0.05) is 33.5 Å². The smallest absolute Gasteiger partial charge is 0.335 e. The van der Waals surface area contributed by atoms with Gasteiger partial charge in [-0.2, -0.15) is 0 Å². The van der Waals surface area contributed by atoms with Crippen LogP contribution in [0.2, 0.25) is 0 Å². The van der Waals surface area contributed by atoms with E-state index in [0.29, 0.717) is 12.0 Å². The molecule has 2 aliphatic rings. The van der Waals surface area contributed by atoms with Gasteiger partial charge in [0.15, 0.2) is 18.4 Å². The third kappa shape index (κ3) is 5.29. The Morgan fingerprint density at radius 1 is 1.19 bits per heavy atom. The maximum absolute atomic E-state index is 12.4. The molecule has 1 aromatic heterocycles. The largest absolute Gasteiger partial charge is 0.459 e. The minimum Gasteiger partial charge on any atom is -0.459 e. The van der Waals surface area contributed by atoms with E-state index < -0.39 is 48.4 Å². The Kier molecular flexibility index (Phi) is 6.88. The van der Waals surface area contributed by atoms with E-state index in [1.54, 1.807) is 30.4 Å². The van der Waals surface area contributed by atoms with E-state index in [-0.39, 0.29) is 12.4 Å². The third-order valence-electron chi connectivity index (χ3n) is 4.56. The summed E-state index contributed by atoms with van der Waals surface area (Å²) in [5.74, 6) is -3.06. The van der Waals surface area contributed by atoms with Gasteiger partial charge >= 0.3 is 17.9 Å². The van der Waals surface area contributed by atoms with Crippen molar-refractivity contribution < 1.29 is 38.1 Å². The minimum atomic E-state index is -1.15. The highest BCUT2D eigenvalue weighted by molar-refractivity contribution is 5.89. The fourth-order valence-corrected chi connectivity index (χ4v) is 3.29. The van der Waals surface area contributed by atoms with Gasteiger partial charge in [0.25, 0.3) is 5.91 Å². The molecule has 172 valence electrons. The second kappa shape index (κ2) is 9.60. The fourth-order valence-electron chi connectivity index (χ4n) is 3.29. The van der Waals surface area contributed by atoms with Crippen LogP contribution in [0.3, 0.4) is 0 Å². The maximum atomic E-state index is 12.4. The first kappa shape index (κ1) is 22.9. The van der Waals surface area contributed by atoms with Crippen molar-refractivity contribution in [2.75, 3.05) is 13.7 Å². The predicted molar refractivity (Wildman–Crippen MR) is 104 cm³/mol. The molecule has 0 unspecified atom stereocenters. The molecule has 4 atom stereocenters. The summed E-state index contributed by atoms with van der Waals surface area (Å²) in [7, 11) is 1.77. The summed E-state index contributed by atoms with van der Waals surface area (Å²) in [4.78, 5) is 52.6. The highest BCUT2D eigenvalue weighted by atomic mass is 16.7. The van der Waals surface area contributed by atoms with Crippen molar-refractivity contribution in [2.24, 2.45) is 5.73 Å². The van der Waals surface area contributed by atoms with Gasteiger partial charge < -0.3 is 29.6 Å². The lowest BCUT2D eigenvalue weighted by Crippen LogP contribution is -2.40. The average molecular weight is 449 g/mol. The molecule has 32 heavy (non-hydrogen) atoms. The van der Waals surface area contributed by atoms with Crippen LogP contribution in [0, 0.1) is 0 Å². The minimum absolute atomic E-state index is 0.282. The first-order chi connectivity index (χ1) is 15.2. The second-order valence-electron chi connectivity index (χ2n) is 7.13. The maximum Gasteiger partial charge on any atom is 0.335 e. The molecule has 13 heteroatoms. The topological polar surface area (TPSA) is 165 Å². The Balaban J connectivity index is 1.81. The summed E-state index contributed by atoms with van der Waals surface area (Å²) in [6.45, 7) is 2.05. The molecule has 0 aromatic carbocycles. The Labute approximate surface area is 182 Å². The summed E-state index contributed by atoms with van der Waals surface area (Å²) < 4.78 is 23.0. The van der Waals surface area contributed by atoms with E-state index in [0.717, 1.165) is 11.0 Å². The van der Waals surface area contributed by atoms with Crippen LogP contribution in [0.25, 0.3) is 0 Å². The van der Waals surface area contributed by atoms with Gasteiger partial charge in [0.05, 0.1) is 5.57 Å². The van der Waals surface area contributed by atoms with Crippen LogP contribution in [0.1, 0.15) is 37.1 Å². The number of carbonyl (C=O) groups is 4. The first-order valence-corrected chi connectivity index (χ1v) is 9.63. The van der Waals surface area contributed by atoms with Gasteiger partial charge in [-0.1, -0.05) is 6.08 Å². The van der Waals surface area contributed by atoms with Gasteiger partial charge in [-0.3, -0.25) is 14.4 Å². The average Bonchev–Trinajstić information content (AvgIpc) is 3.32. The molecule has 1 saturated heterocycles. The number of nitrogens with zero attached hydrogens (tertiary/aromatic N) is 4. The van der Waals surface area contributed by atoms with E-state index in [1.807, 2.05) is 0 Å². The molecule has 2 aliphatic heterocycles. The summed E-state index contributed by atoms with van der Waals surface area (Å²) in [5.41, 5.74) is 5.60. The quantitative estimate of drug-likeness (QED) is 0.418. The molecular formula is C19H23N5O8. The van der Waals surface area contributed by atoms with Crippen LogP contribution < -0.4 is 5.73 Å². The zero-order chi connectivity index (χ0) is 23.4. The standard InChI is InChI=1S/C19H23N5O8/c1-10(25)30-14-13(8-29-19(28)12-5-4-6-23(3)7-12)32-18(15(14)31-11(2)26)24-9-21-17(22-24)16(20)27/h4,6-7,9,13-15,18H,5,8H2,1-3H3,(H2,20,27)/t13-,14-,15-,18-/m1/s1. The Morgan fingerprint density at radius 3 is 2.47 bits per heavy atom. The number of allylic oxidation sites excluding steroid dienone is 1. The van der Waals surface area contributed by atoms with Crippen molar-refractivity contribution >= 4 is 23.8 Å². The predicted octanol–water partition coefficient (Wildman–Crippen LogP) is -0.586. The van der Waals surface area contributed by atoms with Crippen molar-refractivity contribution in [3.05, 3.63) is 36.2 Å². The summed E-state index contributed by atoms with van der Waals surface area (Å²) >= 11 is 0. The van der Waals surface area contributed by atoms with E-state index in [1.165, 1.54) is 13.8 Å². The summed E-state index contributed by atoms with van der Waals surface area (Å²) in [6.07, 6.45) is 2.44. The van der Waals surface area contributed by atoms with Crippen LogP contribution in [-0.2, 0) is 33.3 Å². The summed E-state index contributed by atoms with van der Waals surface area (Å²) in [6, 6.07) is 0. The monoisotopic (exact) mass is 449 g/mol. The highest BCUT2D eigenvalue weighted by Gasteiger charge is 2.51. The molecule has 0 saturated carbocycles. The number of ether oxygens (including phenoxy) is 4. The number of nitrogens with two attached hydrogens (primary N) is 1. The van der Waals surface area contributed by atoms with Crippen LogP contribution in [-0.4, -0.2) is 75.4 Å². The number of rotatable bonds is 7. The normalized spacial score (nSPS) is 24.6. The van der Waals surface area contributed by atoms with Crippen molar-refractivity contribution in [1.29, 1.82) is 0 Å². The first-order valence-electron chi connectivity index (χ1n) is 9.63. The molecule has 1 aromatic rings. The molecule has 1 fully saturated rings. The Bertz CT molecular complexity index is 971. The van der Waals surface area contributed by atoms with Crippen LogP contribution in [0.5, 0.6) is 0 Å². The van der Waals surface area contributed by atoms with E-state index >= 15 is 0 Å². The lowest BCUT2D eigenvalue weighted by Gasteiger charge is -2.23. The zero-order valence-electron chi connectivity index (χ0n) is 17.7. The van der Waals surface area contributed by atoms with E-state index in [2.05, 4.69) is 10.1 Å². The number of carbonyl (C=O) groups excluding carboxylic acids is 4. The van der Waals surface area contributed by atoms with Crippen molar-refractivity contribution in [2.45, 2.75) is 44.8 Å². The van der Waals surface area contributed by atoms with Crippen LogP contribution in [0.15, 0.2) is 30.4 Å². The summed E-state index contributed by atoms with van der Waals surface area (Å²) in [5, 5.41) is 3.92. The number of primary amides is 1. The lowest BCUT2D eigenvalue weighted by molar-refractivity contribution is -0.166. The molecule has 0 radical (unpaired) electrons. The SMILES string of the molecule is CC(=O)O[C@@H]1[C@H](OC(C)=O)[C@@H](COC(=O)C2=CN(C)C=CC2)O[C@H]1n1cnc(C(N)=O)n1. The van der Waals surface area contributed by atoms with Gasteiger partial charge in [0.2, 0.25) is 5.82 Å². The Morgan fingerprint density at radius 2 is 1.88 bits per heavy atom. The lowest BCUT2D eigenvalue weighted by atomic mass is 10.1. The number of esters is 3. The molecule has 0 bridgehead atoms. The molecule has 3 heterocycles. The zero-order valence-corrected chi connectivity index (χ0v) is 17.7. The van der Waals surface area contributed by atoms with Crippen LogP contribution in [0.4, 0.5) is 0 Å². The number of aromatic nitrogens is 3. The molecule has 2 N–H and O–H groups in total. The van der Waals surface area contributed by atoms with Crippen molar-refractivity contribution in [1.82, 2.24) is 19.7 Å². The molecular weight excluding hydrogens is 426 g/mol. The number of hydrogen-bond donors (Lipinski definition) is 1. The molecule has 0 aliphatic carbocycles. The third-order valence-corrected chi connectivity index (χ3v) is 4.56. The van der Waals surface area contributed by atoms with Gasteiger partial charge in [-0.25, -0.2) is 14.5 Å². The molecule has 0 spiro atoms. The molecule has 3 rings (SSSR count). The van der Waals surface area contributed by atoms with Gasteiger partial charge in [-0.15, -0.1) is 5.10 Å². The van der Waals surface area contributed by atoms with Gasteiger partial charge in [0.1, 0.15) is 19.0 Å². The van der Waals surface area contributed by atoms with E-state index in [4.69, 9.17) is 24.7 Å². The highest BCUT2D eigenvalue weighted by Crippen LogP contribution is 2.34. The Hall–Kier alpha value is -3.74. The van der Waals surface area contributed by atoms with Crippen LogP contribution >= 0.6 is 0 Å². The second-order valence-corrected chi connectivity index (χ2v) is 7.13. The van der Waals surface area contributed by atoms with Crippen molar-refractivity contribution in [3.63, 3.8) is 0 Å².